The molecule has 0 bridgehead atoms. The summed E-state index contributed by atoms with van der Waals surface area (Å²) in [6.45, 7) is 8.36. The maximum atomic E-state index is 3.84. The Balaban J connectivity index is 2.38. The molecule has 1 atom stereocenters. The topological polar surface area (TPSA) is 12.0 Å². The Morgan fingerprint density at radius 1 is 1.47 bits per heavy atom. The van der Waals surface area contributed by atoms with E-state index in [1.807, 2.05) is 6.08 Å². The minimum Gasteiger partial charge on any atom is -0.304 e. The van der Waals surface area contributed by atoms with Crippen molar-refractivity contribution in [2.75, 3.05) is 0 Å². The van der Waals surface area contributed by atoms with E-state index >= 15 is 0 Å². The fourth-order valence-electron chi connectivity index (χ4n) is 2.46. The Morgan fingerprint density at radius 2 is 2.20 bits per heavy atom. The van der Waals surface area contributed by atoms with Crippen molar-refractivity contribution >= 4 is 0 Å². The van der Waals surface area contributed by atoms with Crippen LogP contribution in [-0.2, 0) is 6.42 Å². The molecule has 1 aromatic carbocycles. The van der Waals surface area contributed by atoms with Crippen molar-refractivity contribution < 1.29 is 0 Å². The first-order chi connectivity index (χ1) is 7.12. The second-order valence-corrected chi connectivity index (χ2v) is 4.98. The van der Waals surface area contributed by atoms with E-state index in [4.69, 9.17) is 0 Å². The third-order valence-electron chi connectivity index (χ3n) is 3.03. The molecule has 1 aliphatic heterocycles. The minimum absolute atomic E-state index is 0.196. The van der Waals surface area contributed by atoms with Crippen molar-refractivity contribution in [2.24, 2.45) is 0 Å². The molecule has 1 unspecified atom stereocenters. The number of nitrogens with one attached hydrogen (secondary N) is 1. The molecule has 1 aliphatic rings. The zero-order valence-electron chi connectivity index (χ0n) is 9.59. The molecule has 1 heteroatoms. The molecule has 0 aromatic heterocycles. The zero-order chi connectivity index (χ0) is 10.9. The minimum atomic E-state index is 0.196. The van der Waals surface area contributed by atoms with Crippen molar-refractivity contribution in [1.29, 1.82) is 0 Å². The van der Waals surface area contributed by atoms with Crippen molar-refractivity contribution in [3.8, 4) is 0 Å². The van der Waals surface area contributed by atoms with Gasteiger partial charge in [-0.2, -0.15) is 0 Å². The highest BCUT2D eigenvalue weighted by molar-refractivity contribution is 5.34. The highest BCUT2D eigenvalue weighted by Crippen LogP contribution is 2.31. The molecule has 0 radical (unpaired) electrons. The normalized spacial score (nSPS) is 23.2. The summed E-state index contributed by atoms with van der Waals surface area (Å²) in [6, 6.07) is 9.15. The van der Waals surface area contributed by atoms with Crippen LogP contribution in [0.3, 0.4) is 0 Å². The quantitative estimate of drug-likeness (QED) is 0.724. The number of hydrogen-bond donors (Lipinski definition) is 1. The van der Waals surface area contributed by atoms with Gasteiger partial charge < -0.3 is 5.32 Å². The monoisotopic (exact) mass is 201 g/mol. The SMILES string of the molecule is C=CCC1NC(C)(C)Cc2ccccc21. The molecule has 0 spiro atoms. The molecule has 0 amide bonds. The first-order valence-corrected chi connectivity index (χ1v) is 5.59. The molecule has 1 heterocycles. The molecular formula is C14H19N. The van der Waals surface area contributed by atoms with Crippen molar-refractivity contribution in [1.82, 2.24) is 5.32 Å². The van der Waals surface area contributed by atoms with E-state index in [0.29, 0.717) is 6.04 Å². The summed E-state index contributed by atoms with van der Waals surface area (Å²) in [5, 5.41) is 3.68. The van der Waals surface area contributed by atoms with E-state index in [-0.39, 0.29) is 5.54 Å². The van der Waals surface area contributed by atoms with Gasteiger partial charge in [0, 0.05) is 11.6 Å². The summed E-state index contributed by atoms with van der Waals surface area (Å²) < 4.78 is 0. The number of benzene rings is 1. The van der Waals surface area contributed by atoms with Gasteiger partial charge in [-0.25, -0.2) is 0 Å². The van der Waals surface area contributed by atoms with Crippen LogP contribution in [0.5, 0.6) is 0 Å². The third kappa shape index (κ3) is 2.13. The Hall–Kier alpha value is -1.08. The van der Waals surface area contributed by atoms with Crippen LogP contribution >= 0.6 is 0 Å². The molecule has 0 aliphatic carbocycles. The van der Waals surface area contributed by atoms with Crippen LogP contribution < -0.4 is 5.32 Å². The van der Waals surface area contributed by atoms with Gasteiger partial charge in [0.15, 0.2) is 0 Å². The smallest absolute Gasteiger partial charge is 0.0362 e. The van der Waals surface area contributed by atoms with Crippen LogP contribution in [0.25, 0.3) is 0 Å². The fraction of sp³-hybridized carbons (Fsp3) is 0.429. The summed E-state index contributed by atoms with van der Waals surface area (Å²) in [5.74, 6) is 0. The highest BCUT2D eigenvalue weighted by atomic mass is 15.0. The van der Waals surface area contributed by atoms with Crippen LogP contribution in [0.4, 0.5) is 0 Å². The molecule has 2 rings (SSSR count). The lowest BCUT2D eigenvalue weighted by Crippen LogP contribution is -2.47. The Kier molecular flexibility index (Phi) is 2.66. The van der Waals surface area contributed by atoms with E-state index in [9.17, 15) is 0 Å². The highest BCUT2D eigenvalue weighted by Gasteiger charge is 2.29. The first-order valence-electron chi connectivity index (χ1n) is 5.59. The number of fused-ring (bicyclic) bond motifs is 1. The van der Waals surface area contributed by atoms with E-state index in [1.165, 1.54) is 11.1 Å². The largest absolute Gasteiger partial charge is 0.304 e. The first kappa shape index (κ1) is 10.4. The van der Waals surface area contributed by atoms with Crippen LogP contribution in [0.15, 0.2) is 36.9 Å². The van der Waals surface area contributed by atoms with E-state index in [1.54, 1.807) is 0 Å². The zero-order valence-corrected chi connectivity index (χ0v) is 9.59. The van der Waals surface area contributed by atoms with Crippen LogP contribution in [0.2, 0.25) is 0 Å². The Labute approximate surface area is 92.2 Å². The molecule has 1 N–H and O–H groups in total. The van der Waals surface area contributed by atoms with E-state index in [2.05, 4.69) is 50.0 Å². The Bertz CT molecular complexity index is 365. The molecule has 1 aromatic rings. The molecular weight excluding hydrogens is 182 g/mol. The summed E-state index contributed by atoms with van der Waals surface area (Å²) in [7, 11) is 0. The number of rotatable bonds is 2. The lowest BCUT2D eigenvalue weighted by molar-refractivity contribution is 0.310. The molecule has 0 fully saturated rings. The molecule has 0 saturated carbocycles. The van der Waals surface area contributed by atoms with Crippen molar-refractivity contribution in [2.45, 2.75) is 38.3 Å². The van der Waals surface area contributed by atoms with Gasteiger partial charge in [0.2, 0.25) is 0 Å². The summed E-state index contributed by atoms with van der Waals surface area (Å²) >= 11 is 0. The van der Waals surface area contributed by atoms with E-state index < -0.39 is 0 Å². The Morgan fingerprint density at radius 3 is 2.93 bits per heavy atom. The average molecular weight is 201 g/mol. The maximum absolute atomic E-state index is 3.84. The van der Waals surface area contributed by atoms with Crippen molar-refractivity contribution in [3.05, 3.63) is 48.0 Å². The summed E-state index contributed by atoms with van der Waals surface area (Å²) in [4.78, 5) is 0. The molecule has 80 valence electrons. The fourth-order valence-corrected chi connectivity index (χ4v) is 2.46. The molecule has 0 saturated heterocycles. The van der Waals surface area contributed by atoms with Crippen LogP contribution in [0, 0.1) is 0 Å². The predicted molar refractivity (Wildman–Crippen MR) is 64.9 cm³/mol. The van der Waals surface area contributed by atoms with Crippen LogP contribution in [-0.4, -0.2) is 5.54 Å². The molecule has 15 heavy (non-hydrogen) atoms. The predicted octanol–water partition coefficient (Wildman–Crippen LogP) is 3.23. The number of hydrogen-bond acceptors (Lipinski definition) is 1. The maximum Gasteiger partial charge on any atom is 0.0362 e. The third-order valence-corrected chi connectivity index (χ3v) is 3.03. The lowest BCUT2D eigenvalue weighted by atomic mass is 9.83. The summed E-state index contributed by atoms with van der Waals surface area (Å²) in [6.07, 6.45) is 4.10. The van der Waals surface area contributed by atoms with Gasteiger partial charge in [-0.05, 0) is 37.8 Å². The van der Waals surface area contributed by atoms with Gasteiger partial charge in [0.1, 0.15) is 0 Å². The van der Waals surface area contributed by atoms with Gasteiger partial charge in [-0.15, -0.1) is 6.58 Å². The van der Waals surface area contributed by atoms with Gasteiger partial charge in [0.05, 0.1) is 0 Å². The van der Waals surface area contributed by atoms with Gasteiger partial charge in [0.25, 0.3) is 0 Å². The van der Waals surface area contributed by atoms with E-state index in [0.717, 1.165) is 12.8 Å². The van der Waals surface area contributed by atoms with Gasteiger partial charge in [-0.3, -0.25) is 0 Å². The lowest BCUT2D eigenvalue weighted by Gasteiger charge is -2.38. The van der Waals surface area contributed by atoms with Gasteiger partial charge >= 0.3 is 0 Å². The van der Waals surface area contributed by atoms with Crippen LogP contribution in [0.1, 0.15) is 37.4 Å². The molecule has 1 nitrogen and oxygen atoms in total. The van der Waals surface area contributed by atoms with Gasteiger partial charge in [-0.1, -0.05) is 30.3 Å². The summed E-state index contributed by atoms with van der Waals surface area (Å²) in [5.41, 5.74) is 3.12. The average Bonchev–Trinajstić information content (AvgIpc) is 2.16. The second kappa shape index (κ2) is 3.82. The van der Waals surface area contributed by atoms with Crippen molar-refractivity contribution in [3.63, 3.8) is 0 Å². The second-order valence-electron chi connectivity index (χ2n) is 4.98. The standard InChI is InChI=1S/C14H19N/c1-4-7-13-12-9-6-5-8-11(12)10-14(2,3)15-13/h4-6,8-9,13,15H,1,7,10H2,2-3H3.